The zero-order chi connectivity index (χ0) is 23.5. The van der Waals surface area contributed by atoms with Crippen LogP contribution in [-0.4, -0.2) is 31.2 Å². The molecule has 0 saturated heterocycles. The highest BCUT2D eigenvalue weighted by molar-refractivity contribution is 5.89. The highest BCUT2D eigenvalue weighted by atomic mass is 16.5. The van der Waals surface area contributed by atoms with Crippen LogP contribution in [0.3, 0.4) is 0 Å². The maximum absolute atomic E-state index is 12.4. The number of benzene rings is 2. The number of hydrogen-bond donors (Lipinski definition) is 1. The predicted molar refractivity (Wildman–Crippen MR) is 132 cm³/mol. The molecular formula is C28H30N2O3. The van der Waals surface area contributed by atoms with Crippen LogP contribution < -0.4 is 14.8 Å². The highest BCUT2D eigenvalue weighted by Crippen LogP contribution is 2.27. The van der Waals surface area contributed by atoms with Gasteiger partial charge in [-0.2, -0.15) is 0 Å². The zero-order valence-corrected chi connectivity index (χ0v) is 19.3. The third-order valence-electron chi connectivity index (χ3n) is 5.29. The van der Waals surface area contributed by atoms with Crippen LogP contribution >= 0.6 is 0 Å². The Balaban J connectivity index is 1.69. The molecule has 0 aliphatic rings. The first-order valence-corrected chi connectivity index (χ1v) is 11.0. The molecule has 0 radical (unpaired) electrons. The first-order chi connectivity index (χ1) is 16.1. The van der Waals surface area contributed by atoms with E-state index in [1.807, 2.05) is 79.9 Å². The second kappa shape index (κ2) is 12.2. The molecule has 170 valence electrons. The number of allylic oxidation sites excluding steroid dienone is 2. The highest BCUT2D eigenvalue weighted by Gasteiger charge is 2.07. The van der Waals surface area contributed by atoms with Gasteiger partial charge in [-0.05, 0) is 72.4 Å². The lowest BCUT2D eigenvalue weighted by atomic mass is 9.97. The molecule has 1 amide bonds. The van der Waals surface area contributed by atoms with E-state index in [4.69, 9.17) is 9.47 Å². The predicted octanol–water partition coefficient (Wildman–Crippen LogP) is 5.22. The Labute approximate surface area is 195 Å². The molecule has 3 aromatic rings. The minimum atomic E-state index is -0.117. The average molecular weight is 443 g/mol. The molecule has 0 unspecified atom stereocenters. The standard InChI is InChI=1S/C28H30N2O3/c1-21(9-10-22-6-5-19-29-20-22)30-28(31)8-4-7-27(23-11-15-25(32-2)16-12-23)24-13-17-26(33-3)18-14-24/h4-8,11-21H,9-10H2,1-3H3,(H,30,31)/b8-4+/t21-/m1/s1. The normalized spacial score (nSPS) is 11.6. The second-order valence-corrected chi connectivity index (χ2v) is 7.71. The zero-order valence-electron chi connectivity index (χ0n) is 19.3. The molecule has 0 spiro atoms. The molecule has 0 bridgehead atoms. The van der Waals surface area contributed by atoms with Crippen LogP contribution in [0, 0.1) is 0 Å². The smallest absolute Gasteiger partial charge is 0.244 e. The van der Waals surface area contributed by atoms with Crippen molar-refractivity contribution in [2.24, 2.45) is 0 Å². The number of nitrogens with zero attached hydrogens (tertiary/aromatic N) is 1. The molecule has 33 heavy (non-hydrogen) atoms. The van der Waals surface area contributed by atoms with Gasteiger partial charge in [-0.3, -0.25) is 9.78 Å². The number of carbonyl (C=O) groups excluding carboxylic acids is 1. The number of rotatable bonds is 10. The Morgan fingerprint density at radius 3 is 2.09 bits per heavy atom. The first kappa shape index (κ1) is 23.8. The molecule has 2 aromatic carbocycles. The number of amides is 1. The molecule has 1 atom stereocenters. The lowest BCUT2D eigenvalue weighted by molar-refractivity contribution is -0.117. The Morgan fingerprint density at radius 1 is 0.970 bits per heavy atom. The summed E-state index contributed by atoms with van der Waals surface area (Å²) in [6, 6.07) is 19.7. The fraction of sp³-hybridized carbons (Fsp3) is 0.214. The minimum Gasteiger partial charge on any atom is -0.497 e. The molecular weight excluding hydrogens is 412 g/mol. The van der Waals surface area contributed by atoms with Gasteiger partial charge in [0.1, 0.15) is 11.5 Å². The molecule has 5 nitrogen and oxygen atoms in total. The summed E-state index contributed by atoms with van der Waals surface area (Å²) in [5.41, 5.74) is 4.21. The maximum Gasteiger partial charge on any atom is 0.244 e. The van der Waals surface area contributed by atoms with Crippen molar-refractivity contribution in [3.8, 4) is 11.5 Å². The summed E-state index contributed by atoms with van der Waals surface area (Å²) in [7, 11) is 3.29. The first-order valence-electron chi connectivity index (χ1n) is 11.0. The quantitative estimate of drug-likeness (QED) is 0.345. The molecule has 0 aliphatic heterocycles. The second-order valence-electron chi connectivity index (χ2n) is 7.71. The summed E-state index contributed by atoms with van der Waals surface area (Å²) in [5.74, 6) is 1.47. The van der Waals surface area contributed by atoms with Gasteiger partial charge >= 0.3 is 0 Å². The Hall–Kier alpha value is -3.86. The van der Waals surface area contributed by atoms with Crippen LogP contribution in [0.25, 0.3) is 5.57 Å². The summed E-state index contributed by atoms with van der Waals surface area (Å²) in [4.78, 5) is 16.5. The van der Waals surface area contributed by atoms with Crippen molar-refractivity contribution in [3.05, 3.63) is 108 Å². The van der Waals surface area contributed by atoms with Crippen molar-refractivity contribution in [1.29, 1.82) is 0 Å². The Kier molecular flexibility index (Phi) is 8.83. The number of hydrogen-bond acceptors (Lipinski definition) is 4. The number of ether oxygens (including phenoxy) is 2. The molecule has 0 fully saturated rings. The van der Waals surface area contributed by atoms with Crippen LogP contribution in [0.2, 0.25) is 0 Å². The van der Waals surface area contributed by atoms with Crippen LogP contribution in [0.5, 0.6) is 11.5 Å². The summed E-state index contributed by atoms with van der Waals surface area (Å²) in [5, 5.41) is 3.03. The number of nitrogens with one attached hydrogen (secondary N) is 1. The Bertz CT molecular complexity index is 1020. The lowest BCUT2D eigenvalue weighted by Gasteiger charge is -2.12. The van der Waals surface area contributed by atoms with Crippen molar-refractivity contribution in [2.75, 3.05) is 14.2 Å². The van der Waals surface area contributed by atoms with Crippen molar-refractivity contribution in [1.82, 2.24) is 10.3 Å². The molecule has 0 saturated carbocycles. The van der Waals surface area contributed by atoms with Gasteiger partial charge in [0.15, 0.2) is 0 Å². The van der Waals surface area contributed by atoms with Gasteiger partial charge in [-0.15, -0.1) is 0 Å². The minimum absolute atomic E-state index is 0.0639. The van der Waals surface area contributed by atoms with Crippen molar-refractivity contribution >= 4 is 11.5 Å². The lowest BCUT2D eigenvalue weighted by Crippen LogP contribution is -2.31. The van der Waals surface area contributed by atoms with Gasteiger partial charge < -0.3 is 14.8 Å². The van der Waals surface area contributed by atoms with E-state index in [1.165, 1.54) is 5.56 Å². The SMILES string of the molecule is COc1ccc(C(=C/C=C/C(=O)N[C@H](C)CCc2cccnc2)c2ccc(OC)cc2)cc1. The average Bonchev–Trinajstić information content (AvgIpc) is 2.86. The van der Waals surface area contributed by atoms with E-state index >= 15 is 0 Å². The molecule has 1 heterocycles. The van der Waals surface area contributed by atoms with Gasteiger partial charge in [0, 0.05) is 24.5 Å². The van der Waals surface area contributed by atoms with Gasteiger partial charge in [0.05, 0.1) is 14.2 Å². The van der Waals surface area contributed by atoms with Gasteiger partial charge in [-0.1, -0.05) is 42.5 Å². The van der Waals surface area contributed by atoms with Gasteiger partial charge in [-0.25, -0.2) is 0 Å². The van der Waals surface area contributed by atoms with Gasteiger partial charge in [0.25, 0.3) is 0 Å². The topological polar surface area (TPSA) is 60.5 Å². The molecule has 0 aliphatic carbocycles. The van der Waals surface area contributed by atoms with E-state index in [1.54, 1.807) is 32.6 Å². The van der Waals surface area contributed by atoms with Crippen LogP contribution in [0.15, 0.2) is 91.3 Å². The van der Waals surface area contributed by atoms with Crippen molar-refractivity contribution in [2.45, 2.75) is 25.8 Å². The molecule has 3 rings (SSSR count). The summed E-state index contributed by atoms with van der Waals surface area (Å²) in [6.45, 7) is 2.01. The van der Waals surface area contributed by atoms with Crippen LogP contribution in [-0.2, 0) is 11.2 Å². The number of aromatic nitrogens is 1. The van der Waals surface area contributed by atoms with E-state index in [0.717, 1.165) is 41.0 Å². The van der Waals surface area contributed by atoms with Crippen molar-refractivity contribution < 1.29 is 14.3 Å². The molecule has 1 N–H and O–H groups in total. The van der Waals surface area contributed by atoms with E-state index in [2.05, 4.69) is 10.3 Å². The third-order valence-corrected chi connectivity index (χ3v) is 5.29. The molecule has 1 aromatic heterocycles. The van der Waals surface area contributed by atoms with Crippen molar-refractivity contribution in [3.63, 3.8) is 0 Å². The monoisotopic (exact) mass is 442 g/mol. The fourth-order valence-electron chi connectivity index (χ4n) is 3.42. The fourth-order valence-corrected chi connectivity index (χ4v) is 3.42. The number of pyridine rings is 1. The summed E-state index contributed by atoms with van der Waals surface area (Å²) >= 11 is 0. The molecule has 5 heteroatoms. The number of methoxy groups -OCH3 is 2. The largest absolute Gasteiger partial charge is 0.497 e. The van der Waals surface area contributed by atoms with E-state index < -0.39 is 0 Å². The number of carbonyl (C=O) groups is 1. The van der Waals surface area contributed by atoms with Gasteiger partial charge in [0.2, 0.25) is 5.91 Å². The summed E-state index contributed by atoms with van der Waals surface area (Å²) < 4.78 is 10.6. The van der Waals surface area contributed by atoms with E-state index in [0.29, 0.717) is 0 Å². The number of aryl methyl sites for hydroxylation is 1. The Morgan fingerprint density at radius 2 is 1.58 bits per heavy atom. The van der Waals surface area contributed by atoms with Crippen LogP contribution in [0.1, 0.15) is 30.0 Å². The third kappa shape index (κ3) is 7.35. The van der Waals surface area contributed by atoms with E-state index in [-0.39, 0.29) is 11.9 Å². The summed E-state index contributed by atoms with van der Waals surface area (Å²) in [6.07, 6.45) is 10.6. The van der Waals surface area contributed by atoms with Crippen LogP contribution in [0.4, 0.5) is 0 Å². The van der Waals surface area contributed by atoms with E-state index in [9.17, 15) is 4.79 Å². The maximum atomic E-state index is 12.4.